The molecule has 0 spiro atoms. The zero-order chi connectivity index (χ0) is 16.4. The smallest absolute Gasteiger partial charge is 0.254 e. The molecule has 0 fully saturated rings. The van der Waals surface area contributed by atoms with Crippen LogP contribution in [0.2, 0.25) is 0 Å². The molecule has 1 aliphatic heterocycles. The third kappa shape index (κ3) is 3.06. The van der Waals surface area contributed by atoms with Crippen LogP contribution in [0.1, 0.15) is 53.0 Å². The molecule has 1 heterocycles. The SMILES string of the molecule is CNC(=O)c1cc(C(=O)NCC(C)O)cc2c1O[C@H](C)[C@H]2C. The van der Waals surface area contributed by atoms with E-state index < -0.39 is 6.10 Å². The molecule has 2 amide bonds. The van der Waals surface area contributed by atoms with Crippen molar-refractivity contribution < 1.29 is 19.4 Å². The van der Waals surface area contributed by atoms with Gasteiger partial charge in [0, 0.05) is 30.6 Å². The zero-order valence-electron chi connectivity index (χ0n) is 13.3. The lowest BCUT2D eigenvalue weighted by molar-refractivity contribution is 0.0924. The van der Waals surface area contributed by atoms with Gasteiger partial charge in [-0.1, -0.05) is 6.92 Å². The van der Waals surface area contributed by atoms with E-state index in [2.05, 4.69) is 10.6 Å². The topological polar surface area (TPSA) is 87.7 Å². The maximum atomic E-state index is 12.2. The van der Waals surface area contributed by atoms with Crippen LogP contribution in [0.3, 0.4) is 0 Å². The first kappa shape index (κ1) is 16.3. The largest absolute Gasteiger partial charge is 0.489 e. The minimum absolute atomic E-state index is 0.0471. The number of hydrogen-bond acceptors (Lipinski definition) is 4. The third-order valence-corrected chi connectivity index (χ3v) is 3.91. The van der Waals surface area contributed by atoms with Gasteiger partial charge in [0.05, 0.1) is 11.7 Å². The van der Waals surface area contributed by atoms with Crippen molar-refractivity contribution in [3.8, 4) is 5.75 Å². The average molecular weight is 306 g/mol. The molecule has 0 bridgehead atoms. The van der Waals surface area contributed by atoms with E-state index in [9.17, 15) is 14.7 Å². The van der Waals surface area contributed by atoms with E-state index in [-0.39, 0.29) is 30.4 Å². The van der Waals surface area contributed by atoms with Crippen molar-refractivity contribution in [3.63, 3.8) is 0 Å². The van der Waals surface area contributed by atoms with E-state index in [1.807, 2.05) is 13.8 Å². The first-order valence-electron chi connectivity index (χ1n) is 7.38. The lowest BCUT2D eigenvalue weighted by atomic mass is 9.94. The lowest BCUT2D eigenvalue weighted by Gasteiger charge is -2.12. The van der Waals surface area contributed by atoms with Gasteiger partial charge in [-0.05, 0) is 26.0 Å². The number of carbonyl (C=O) groups is 2. The summed E-state index contributed by atoms with van der Waals surface area (Å²) in [4.78, 5) is 24.3. The van der Waals surface area contributed by atoms with Crippen molar-refractivity contribution in [2.24, 2.45) is 0 Å². The Morgan fingerprint density at radius 3 is 2.59 bits per heavy atom. The highest BCUT2D eigenvalue weighted by Crippen LogP contribution is 2.41. The maximum Gasteiger partial charge on any atom is 0.254 e. The number of nitrogens with one attached hydrogen (secondary N) is 2. The van der Waals surface area contributed by atoms with Gasteiger partial charge in [-0.15, -0.1) is 0 Å². The van der Waals surface area contributed by atoms with Crippen molar-refractivity contribution >= 4 is 11.8 Å². The Bertz CT molecular complexity index is 598. The van der Waals surface area contributed by atoms with Gasteiger partial charge in [0.2, 0.25) is 0 Å². The number of benzene rings is 1. The van der Waals surface area contributed by atoms with Crippen LogP contribution in [0.15, 0.2) is 12.1 Å². The second kappa shape index (κ2) is 6.36. The molecule has 6 nitrogen and oxygen atoms in total. The monoisotopic (exact) mass is 306 g/mol. The number of aliphatic hydroxyl groups excluding tert-OH is 1. The van der Waals surface area contributed by atoms with E-state index in [4.69, 9.17) is 4.74 Å². The second-order valence-electron chi connectivity index (χ2n) is 5.69. The Morgan fingerprint density at radius 2 is 2.00 bits per heavy atom. The zero-order valence-corrected chi connectivity index (χ0v) is 13.3. The predicted molar refractivity (Wildman–Crippen MR) is 82.4 cm³/mol. The maximum absolute atomic E-state index is 12.2. The summed E-state index contributed by atoms with van der Waals surface area (Å²) in [5, 5.41) is 14.5. The van der Waals surface area contributed by atoms with Crippen LogP contribution in [-0.4, -0.2) is 42.7 Å². The highest BCUT2D eigenvalue weighted by atomic mass is 16.5. The highest BCUT2D eigenvalue weighted by Gasteiger charge is 2.32. The van der Waals surface area contributed by atoms with Gasteiger partial charge in [0.25, 0.3) is 11.8 Å². The molecule has 1 aromatic carbocycles. The van der Waals surface area contributed by atoms with Crippen LogP contribution in [-0.2, 0) is 0 Å². The average Bonchev–Trinajstić information content (AvgIpc) is 2.78. The summed E-state index contributed by atoms with van der Waals surface area (Å²) in [6, 6.07) is 3.28. The standard InChI is InChI=1S/C16H22N2O4/c1-8(19)7-18-15(20)11-5-12-9(2)10(3)22-14(12)13(6-11)16(21)17-4/h5-6,8-10,19H,7H2,1-4H3,(H,17,21)(H,18,20)/t8?,9-,10-/m1/s1. The number of ether oxygens (including phenoxy) is 1. The molecule has 120 valence electrons. The Balaban J connectivity index is 2.41. The van der Waals surface area contributed by atoms with Crippen LogP contribution in [0, 0.1) is 0 Å². The van der Waals surface area contributed by atoms with Crippen LogP contribution >= 0.6 is 0 Å². The number of carbonyl (C=O) groups excluding carboxylic acids is 2. The van der Waals surface area contributed by atoms with E-state index in [1.165, 1.54) is 13.1 Å². The summed E-state index contributed by atoms with van der Waals surface area (Å²) >= 11 is 0. The molecular weight excluding hydrogens is 284 g/mol. The van der Waals surface area contributed by atoms with E-state index in [0.717, 1.165) is 5.56 Å². The summed E-state index contributed by atoms with van der Waals surface area (Å²) in [7, 11) is 1.54. The van der Waals surface area contributed by atoms with Gasteiger partial charge in [-0.25, -0.2) is 0 Å². The normalized spacial score (nSPS) is 20.8. The van der Waals surface area contributed by atoms with Crippen LogP contribution in [0.5, 0.6) is 5.75 Å². The van der Waals surface area contributed by atoms with Crippen molar-refractivity contribution in [2.45, 2.75) is 38.9 Å². The van der Waals surface area contributed by atoms with Gasteiger partial charge in [-0.3, -0.25) is 9.59 Å². The molecule has 3 atom stereocenters. The second-order valence-corrected chi connectivity index (χ2v) is 5.69. The molecule has 2 rings (SSSR count). The summed E-state index contributed by atoms with van der Waals surface area (Å²) < 4.78 is 5.77. The van der Waals surface area contributed by atoms with Gasteiger partial charge < -0.3 is 20.5 Å². The molecule has 22 heavy (non-hydrogen) atoms. The molecule has 1 aromatic rings. The lowest BCUT2D eigenvalue weighted by Crippen LogP contribution is -2.31. The van der Waals surface area contributed by atoms with Gasteiger partial charge >= 0.3 is 0 Å². The fourth-order valence-corrected chi connectivity index (χ4v) is 2.44. The van der Waals surface area contributed by atoms with Crippen LogP contribution in [0.4, 0.5) is 0 Å². The van der Waals surface area contributed by atoms with Gasteiger partial charge in [0.15, 0.2) is 0 Å². The van der Waals surface area contributed by atoms with Crippen LogP contribution < -0.4 is 15.4 Å². The Morgan fingerprint density at radius 1 is 1.32 bits per heavy atom. The molecule has 0 aromatic heterocycles. The quantitative estimate of drug-likeness (QED) is 0.775. The third-order valence-electron chi connectivity index (χ3n) is 3.91. The first-order chi connectivity index (χ1) is 10.3. The van der Waals surface area contributed by atoms with E-state index in [0.29, 0.717) is 16.9 Å². The molecule has 1 unspecified atom stereocenters. The van der Waals surface area contributed by atoms with Gasteiger partial charge in [0.1, 0.15) is 11.9 Å². The highest BCUT2D eigenvalue weighted by molar-refractivity contribution is 6.02. The van der Waals surface area contributed by atoms with E-state index in [1.54, 1.807) is 13.0 Å². The summed E-state index contributed by atoms with van der Waals surface area (Å²) in [6.45, 7) is 5.69. The van der Waals surface area contributed by atoms with Crippen molar-refractivity contribution in [1.29, 1.82) is 0 Å². The molecule has 1 aliphatic rings. The van der Waals surface area contributed by atoms with Crippen molar-refractivity contribution in [3.05, 3.63) is 28.8 Å². The number of rotatable bonds is 4. The fourth-order valence-electron chi connectivity index (χ4n) is 2.44. The minimum Gasteiger partial charge on any atom is -0.489 e. The van der Waals surface area contributed by atoms with Crippen molar-refractivity contribution in [1.82, 2.24) is 10.6 Å². The molecule has 0 aliphatic carbocycles. The fraction of sp³-hybridized carbons (Fsp3) is 0.500. The number of amides is 2. The predicted octanol–water partition coefficient (Wildman–Crippen LogP) is 1.04. The molecular formula is C16H22N2O4. The number of hydrogen-bond donors (Lipinski definition) is 3. The Kier molecular flexibility index (Phi) is 4.71. The van der Waals surface area contributed by atoms with Crippen molar-refractivity contribution in [2.75, 3.05) is 13.6 Å². The Hall–Kier alpha value is -2.08. The van der Waals surface area contributed by atoms with E-state index >= 15 is 0 Å². The molecule has 0 saturated heterocycles. The first-order valence-corrected chi connectivity index (χ1v) is 7.38. The minimum atomic E-state index is -0.626. The number of aliphatic hydroxyl groups is 1. The summed E-state index contributed by atoms with van der Waals surface area (Å²) in [5.41, 5.74) is 1.61. The van der Waals surface area contributed by atoms with Gasteiger partial charge in [-0.2, -0.15) is 0 Å². The molecule has 3 N–H and O–H groups in total. The molecule has 0 saturated carbocycles. The summed E-state index contributed by atoms with van der Waals surface area (Å²) in [6.07, 6.45) is -0.673. The molecule has 6 heteroatoms. The summed E-state index contributed by atoms with van der Waals surface area (Å²) in [5.74, 6) is 0.0395. The Labute approximate surface area is 129 Å². The number of fused-ring (bicyclic) bond motifs is 1. The molecule has 0 radical (unpaired) electrons. The van der Waals surface area contributed by atoms with Crippen LogP contribution in [0.25, 0.3) is 0 Å².